The Kier molecular flexibility index (Phi) is 9.35. The monoisotopic (exact) mass is 365 g/mol. The van der Waals surface area contributed by atoms with Gasteiger partial charge in [-0.3, -0.25) is 9.59 Å². The third-order valence-electron chi connectivity index (χ3n) is 3.13. The Labute approximate surface area is 167 Å². The smallest absolute Gasteiger partial charge is 0.747 e. The van der Waals surface area contributed by atoms with Crippen LogP contribution in [0.2, 0.25) is 0 Å². The molecule has 2 unspecified atom stereocenters. The van der Waals surface area contributed by atoms with Crippen LogP contribution in [0.15, 0.2) is 0 Å². The van der Waals surface area contributed by atoms with Crippen molar-refractivity contribution in [2.75, 3.05) is 13.2 Å². The molecule has 0 aromatic heterocycles. The maximum absolute atomic E-state index is 12.0. The second-order valence-electron chi connectivity index (χ2n) is 4.81. The molecule has 0 radical (unpaired) electrons. The van der Waals surface area contributed by atoms with Crippen LogP contribution in [0.4, 0.5) is 0 Å². The van der Waals surface area contributed by atoms with Crippen LogP contribution in [0, 0.1) is 5.92 Å². The molecule has 23 heavy (non-hydrogen) atoms. The van der Waals surface area contributed by atoms with E-state index in [1.54, 1.807) is 0 Å². The minimum atomic E-state index is -5.31. The van der Waals surface area contributed by atoms with Crippen LogP contribution in [-0.4, -0.2) is 43.3 Å². The zero-order valence-corrected chi connectivity index (χ0v) is 16.5. The molecule has 2 atom stereocenters. The Morgan fingerprint density at radius 3 is 2.43 bits per heavy atom. The molecule has 0 heterocycles. The molecule has 0 aliphatic rings. The summed E-state index contributed by atoms with van der Waals surface area (Å²) in [6.45, 7) is -3.04. The number of unbranched alkanes of at least 4 members (excludes halogenated alkanes) is 1. The van der Waals surface area contributed by atoms with Crippen molar-refractivity contribution in [3.05, 3.63) is 0 Å². The van der Waals surface area contributed by atoms with E-state index in [1.165, 1.54) is 0 Å². The summed E-state index contributed by atoms with van der Waals surface area (Å²) in [6.07, 6.45) is 1.83. The van der Waals surface area contributed by atoms with Crippen molar-refractivity contribution in [1.29, 1.82) is 0 Å². The number of carbonyl (C=O) groups excluding carboxylic acids is 2. The van der Waals surface area contributed by atoms with Crippen molar-refractivity contribution in [3.8, 4) is 0 Å². The summed E-state index contributed by atoms with van der Waals surface area (Å²) >= 11 is 0. The number of carbonyl (C=O) groups is 2. The van der Waals surface area contributed by atoms with Crippen molar-refractivity contribution >= 4 is 22.1 Å². The average molecular weight is 365 g/mol. The van der Waals surface area contributed by atoms with Gasteiger partial charge in [0.2, 0.25) is 0 Å². The molecule has 0 aromatic rings. The second kappa shape index (κ2) is 13.2. The minimum Gasteiger partial charge on any atom is -0.747 e. The van der Waals surface area contributed by atoms with Crippen molar-refractivity contribution < 1.29 is 68.4 Å². The third-order valence-corrected chi connectivity index (χ3v) is 4.19. The molecule has 0 bridgehead atoms. The van der Waals surface area contributed by atoms with Crippen LogP contribution in [-0.2, 0) is 29.2 Å². The molecular formula is C14H25NaO7S. The summed E-state index contributed by atoms with van der Waals surface area (Å²) in [6, 6.07) is 0. The van der Waals surface area contributed by atoms with Crippen LogP contribution in [0.3, 0.4) is 0 Å². The average Bonchev–Trinajstić information content (AvgIpc) is 2.50. The first-order chi connectivity index (χ1) is 12.2. The minimum absolute atomic E-state index is 0. The quantitative estimate of drug-likeness (QED) is 0.252. The predicted octanol–water partition coefficient (Wildman–Crippen LogP) is -1.38. The van der Waals surface area contributed by atoms with Gasteiger partial charge in [-0.1, -0.05) is 33.1 Å². The first-order valence-electron chi connectivity index (χ1n) is 9.48. The molecule has 0 fully saturated rings. The Bertz CT molecular complexity index is 610. The van der Waals surface area contributed by atoms with E-state index in [0.717, 1.165) is 19.3 Å². The van der Waals surface area contributed by atoms with E-state index in [2.05, 4.69) is 4.74 Å². The van der Waals surface area contributed by atoms with Gasteiger partial charge in [-0.05, 0) is 19.2 Å². The second-order valence-corrected chi connectivity index (χ2v) is 6.36. The number of ether oxygens (including phenoxy) is 2. The predicted molar refractivity (Wildman–Crippen MR) is 79.0 cm³/mol. The van der Waals surface area contributed by atoms with Gasteiger partial charge < -0.3 is 14.0 Å². The molecule has 0 rings (SSSR count). The van der Waals surface area contributed by atoms with Crippen LogP contribution >= 0.6 is 0 Å². The molecule has 0 saturated carbocycles. The van der Waals surface area contributed by atoms with E-state index < -0.39 is 47.1 Å². The van der Waals surface area contributed by atoms with Gasteiger partial charge in [-0.2, -0.15) is 0 Å². The number of esters is 2. The van der Waals surface area contributed by atoms with Crippen molar-refractivity contribution in [3.63, 3.8) is 0 Å². The number of rotatable bonds is 11. The first kappa shape index (κ1) is 16.3. The molecule has 0 amide bonds. The standard InChI is InChI=1S/C14H26O7S.Na/c1-4-7-8-11(5-2)10-21-14(16)12(22(17,18)19)9-13(15)20-6-3;/h11-12H,4-10H2,1-3H3,(H,17,18,19);/q;+1/p-1/i3D3,6D2;. The summed E-state index contributed by atoms with van der Waals surface area (Å²) in [5.74, 6) is -3.15. The van der Waals surface area contributed by atoms with Crippen molar-refractivity contribution in [2.45, 2.75) is 58.1 Å². The fourth-order valence-electron chi connectivity index (χ4n) is 1.74. The molecule has 0 aliphatic heterocycles. The van der Waals surface area contributed by atoms with Gasteiger partial charge in [0.05, 0.1) is 22.3 Å². The zero-order chi connectivity index (χ0) is 21.5. The molecule has 0 aromatic carbocycles. The van der Waals surface area contributed by atoms with Gasteiger partial charge in [0.1, 0.15) is 10.1 Å². The Balaban J connectivity index is 0. The molecule has 9 heteroatoms. The van der Waals surface area contributed by atoms with Gasteiger partial charge in [0.25, 0.3) is 0 Å². The number of hydrogen-bond acceptors (Lipinski definition) is 7. The van der Waals surface area contributed by atoms with Gasteiger partial charge in [-0.15, -0.1) is 0 Å². The van der Waals surface area contributed by atoms with Gasteiger partial charge in [-0.25, -0.2) is 8.42 Å². The SMILES string of the molecule is [2H]C([2H])([2H])C([2H])([2H])OC(=O)CC(C(=O)OCC(CC)CCCC)S(=O)(=O)[O-].[Na+]. The first-order valence-corrected chi connectivity index (χ1v) is 8.46. The van der Waals surface area contributed by atoms with E-state index >= 15 is 0 Å². The molecule has 0 saturated heterocycles. The topological polar surface area (TPSA) is 110 Å². The summed E-state index contributed by atoms with van der Waals surface area (Å²) < 4.78 is 77.9. The summed E-state index contributed by atoms with van der Waals surface area (Å²) in [7, 11) is -5.31. The molecule has 0 N–H and O–H groups in total. The Hall–Kier alpha value is -0.150. The zero-order valence-electron chi connectivity index (χ0n) is 18.7. The Morgan fingerprint density at radius 1 is 1.30 bits per heavy atom. The maximum Gasteiger partial charge on any atom is 1.00 e. The van der Waals surface area contributed by atoms with Crippen LogP contribution in [0.1, 0.15) is 59.7 Å². The fourth-order valence-corrected chi connectivity index (χ4v) is 2.39. The Morgan fingerprint density at radius 2 is 1.96 bits per heavy atom. The van der Waals surface area contributed by atoms with Gasteiger partial charge in [0.15, 0.2) is 5.25 Å². The van der Waals surface area contributed by atoms with E-state index in [0.29, 0.717) is 6.42 Å². The summed E-state index contributed by atoms with van der Waals surface area (Å²) in [4.78, 5) is 23.6. The molecule has 7 nitrogen and oxygen atoms in total. The molecular weight excluding hydrogens is 335 g/mol. The van der Waals surface area contributed by atoms with Gasteiger partial charge in [0, 0.05) is 4.11 Å². The van der Waals surface area contributed by atoms with E-state index in [9.17, 15) is 22.6 Å². The van der Waals surface area contributed by atoms with E-state index in [1.807, 2.05) is 13.8 Å². The fraction of sp³-hybridized carbons (Fsp3) is 0.857. The normalized spacial score (nSPS) is 18.0. The van der Waals surface area contributed by atoms with Crippen molar-refractivity contribution in [2.24, 2.45) is 5.92 Å². The molecule has 0 spiro atoms. The largest absolute Gasteiger partial charge is 1.00 e. The van der Waals surface area contributed by atoms with E-state index in [-0.39, 0.29) is 42.1 Å². The van der Waals surface area contributed by atoms with Crippen LogP contribution < -0.4 is 29.6 Å². The number of hydrogen-bond donors (Lipinski definition) is 0. The van der Waals surface area contributed by atoms with E-state index in [4.69, 9.17) is 11.6 Å². The molecule has 0 aliphatic carbocycles. The van der Waals surface area contributed by atoms with Crippen molar-refractivity contribution in [1.82, 2.24) is 0 Å². The third kappa shape index (κ3) is 11.1. The summed E-state index contributed by atoms with van der Waals surface area (Å²) in [5.41, 5.74) is 0. The van der Waals surface area contributed by atoms with Crippen LogP contribution in [0.5, 0.6) is 0 Å². The summed E-state index contributed by atoms with van der Waals surface area (Å²) in [5, 5.41) is -2.44. The molecule has 130 valence electrons. The van der Waals surface area contributed by atoms with Crippen LogP contribution in [0.25, 0.3) is 0 Å². The maximum atomic E-state index is 12.0. The van der Waals surface area contributed by atoms with Gasteiger partial charge >= 0.3 is 41.5 Å².